The van der Waals surface area contributed by atoms with Crippen LogP contribution in [0.25, 0.3) is 0 Å². The van der Waals surface area contributed by atoms with Gasteiger partial charge in [0.2, 0.25) is 5.79 Å². The Labute approximate surface area is 109 Å². The predicted octanol–water partition coefficient (Wildman–Crippen LogP) is 3.36. The van der Waals surface area contributed by atoms with Crippen molar-refractivity contribution in [3.05, 3.63) is 33.3 Å². The maximum absolute atomic E-state index is 11.7. The zero-order valence-corrected chi connectivity index (χ0v) is 11.2. The monoisotopic (exact) mass is 274 g/mol. The van der Waals surface area contributed by atoms with Gasteiger partial charge >= 0.3 is 5.97 Å². The highest BCUT2D eigenvalue weighted by molar-refractivity contribution is 6.42. The lowest BCUT2D eigenvalue weighted by Crippen LogP contribution is -2.40. The number of carbonyl (C=O) groups is 1. The molecular weight excluding hydrogens is 263 g/mol. The van der Waals surface area contributed by atoms with Crippen LogP contribution in [0.5, 0.6) is 0 Å². The van der Waals surface area contributed by atoms with Crippen molar-refractivity contribution in [3.63, 3.8) is 0 Å². The van der Waals surface area contributed by atoms with Crippen molar-refractivity contribution in [1.29, 1.82) is 0 Å². The fourth-order valence-corrected chi connectivity index (χ4v) is 2.12. The second kappa shape index (κ2) is 3.61. The number of hydrogen-bond donors (Lipinski definition) is 1. The van der Waals surface area contributed by atoms with E-state index in [9.17, 15) is 9.90 Å². The van der Waals surface area contributed by atoms with Gasteiger partial charge in [-0.15, -0.1) is 0 Å². The highest BCUT2D eigenvalue weighted by atomic mass is 35.5. The molecule has 1 aliphatic heterocycles. The van der Waals surface area contributed by atoms with Crippen LogP contribution >= 0.6 is 23.2 Å². The van der Waals surface area contributed by atoms with E-state index in [4.69, 9.17) is 27.9 Å². The van der Waals surface area contributed by atoms with Gasteiger partial charge in [-0.2, -0.15) is 0 Å². The van der Waals surface area contributed by atoms with Crippen molar-refractivity contribution in [2.24, 2.45) is 5.41 Å². The highest BCUT2D eigenvalue weighted by Crippen LogP contribution is 2.48. The SMILES string of the molecule is CC(C)(C)C1(O)OC(=O)c2cc(Cl)c(Cl)cc21. The third kappa shape index (κ3) is 1.73. The molecule has 1 atom stereocenters. The number of rotatable bonds is 0. The quantitative estimate of drug-likeness (QED) is 0.738. The second-order valence-electron chi connectivity index (χ2n) is 5.10. The summed E-state index contributed by atoms with van der Waals surface area (Å²) in [6.45, 7) is 5.33. The average Bonchev–Trinajstić information content (AvgIpc) is 2.41. The minimum atomic E-state index is -1.67. The van der Waals surface area contributed by atoms with Gasteiger partial charge in [0.05, 0.1) is 15.6 Å². The van der Waals surface area contributed by atoms with E-state index in [1.54, 1.807) is 20.8 Å². The van der Waals surface area contributed by atoms with E-state index in [0.29, 0.717) is 5.56 Å². The summed E-state index contributed by atoms with van der Waals surface area (Å²) >= 11 is 11.8. The van der Waals surface area contributed by atoms with Crippen molar-refractivity contribution in [2.75, 3.05) is 0 Å². The maximum atomic E-state index is 11.7. The largest absolute Gasteiger partial charge is 0.425 e. The standard InChI is InChI=1S/C12H12Cl2O3/c1-11(2,3)12(16)7-5-9(14)8(13)4-6(7)10(15)17-12/h4-5,16H,1-3H3. The van der Waals surface area contributed by atoms with Gasteiger partial charge in [0.25, 0.3) is 0 Å². The molecule has 5 heteroatoms. The number of halogens is 2. The Balaban J connectivity index is 2.70. The molecule has 0 amide bonds. The first kappa shape index (κ1) is 12.7. The average molecular weight is 275 g/mol. The first-order valence-electron chi connectivity index (χ1n) is 5.12. The normalized spacial score (nSPS) is 23.5. The number of esters is 1. The van der Waals surface area contributed by atoms with Crippen LogP contribution in [0, 0.1) is 5.41 Å². The number of aliphatic hydroxyl groups is 1. The molecule has 3 nitrogen and oxygen atoms in total. The van der Waals surface area contributed by atoms with E-state index in [0.717, 1.165) is 0 Å². The lowest BCUT2D eigenvalue weighted by molar-refractivity contribution is -0.228. The summed E-state index contributed by atoms with van der Waals surface area (Å²) in [6, 6.07) is 2.90. The molecule has 1 aliphatic rings. The van der Waals surface area contributed by atoms with E-state index in [-0.39, 0.29) is 15.6 Å². The molecule has 0 saturated heterocycles. The molecular formula is C12H12Cl2O3. The van der Waals surface area contributed by atoms with E-state index < -0.39 is 17.2 Å². The Morgan fingerprint density at radius 3 is 2.29 bits per heavy atom. The molecule has 1 unspecified atom stereocenters. The third-order valence-corrected chi connectivity index (χ3v) is 3.62. The predicted molar refractivity (Wildman–Crippen MR) is 65.2 cm³/mol. The Bertz CT molecular complexity index is 505. The summed E-state index contributed by atoms with van der Waals surface area (Å²) in [4.78, 5) is 11.7. The summed E-state index contributed by atoms with van der Waals surface area (Å²) in [5.74, 6) is -2.26. The minimum Gasteiger partial charge on any atom is -0.425 e. The molecule has 1 N–H and O–H groups in total. The number of carbonyl (C=O) groups excluding carboxylic acids is 1. The van der Waals surface area contributed by atoms with Crippen LogP contribution in [0.4, 0.5) is 0 Å². The first-order chi connectivity index (χ1) is 7.67. The van der Waals surface area contributed by atoms with Gasteiger partial charge in [-0.25, -0.2) is 4.79 Å². The van der Waals surface area contributed by atoms with E-state index >= 15 is 0 Å². The molecule has 2 rings (SSSR count). The van der Waals surface area contributed by atoms with Crippen molar-refractivity contribution >= 4 is 29.2 Å². The van der Waals surface area contributed by atoms with Gasteiger partial charge in [0.1, 0.15) is 0 Å². The van der Waals surface area contributed by atoms with E-state index in [1.807, 2.05) is 0 Å². The van der Waals surface area contributed by atoms with Gasteiger partial charge in [0.15, 0.2) is 0 Å². The number of ether oxygens (including phenoxy) is 1. The van der Waals surface area contributed by atoms with E-state index in [2.05, 4.69) is 0 Å². The van der Waals surface area contributed by atoms with Crippen molar-refractivity contribution in [3.8, 4) is 0 Å². The Kier molecular flexibility index (Phi) is 2.69. The molecule has 0 saturated carbocycles. The van der Waals surface area contributed by atoms with Gasteiger partial charge in [-0.3, -0.25) is 0 Å². The molecule has 0 fully saturated rings. The van der Waals surface area contributed by atoms with Gasteiger partial charge in [0, 0.05) is 11.0 Å². The number of cyclic esters (lactones) is 1. The number of fused-ring (bicyclic) bond motifs is 1. The number of benzene rings is 1. The summed E-state index contributed by atoms with van der Waals surface area (Å²) in [5.41, 5.74) is -0.0355. The first-order valence-corrected chi connectivity index (χ1v) is 5.87. The topological polar surface area (TPSA) is 46.5 Å². The van der Waals surface area contributed by atoms with Gasteiger partial charge in [-0.1, -0.05) is 44.0 Å². The Hall–Kier alpha value is -0.770. The maximum Gasteiger partial charge on any atom is 0.341 e. The number of hydrogen-bond acceptors (Lipinski definition) is 3. The zero-order valence-electron chi connectivity index (χ0n) is 9.67. The molecule has 0 aliphatic carbocycles. The highest BCUT2D eigenvalue weighted by Gasteiger charge is 2.52. The lowest BCUT2D eigenvalue weighted by atomic mass is 9.81. The second-order valence-corrected chi connectivity index (χ2v) is 5.91. The zero-order chi connectivity index (χ0) is 13.0. The smallest absolute Gasteiger partial charge is 0.341 e. The third-order valence-electron chi connectivity index (χ3n) is 2.90. The Morgan fingerprint density at radius 2 is 1.76 bits per heavy atom. The molecule has 17 heavy (non-hydrogen) atoms. The fourth-order valence-electron chi connectivity index (χ4n) is 1.80. The molecule has 0 bridgehead atoms. The van der Waals surface area contributed by atoms with Gasteiger partial charge < -0.3 is 9.84 Å². The van der Waals surface area contributed by atoms with Gasteiger partial charge in [-0.05, 0) is 12.1 Å². The van der Waals surface area contributed by atoms with Crippen molar-refractivity contribution < 1.29 is 14.6 Å². The van der Waals surface area contributed by atoms with Crippen LogP contribution in [0.1, 0.15) is 36.7 Å². The van der Waals surface area contributed by atoms with Crippen LogP contribution < -0.4 is 0 Å². The Morgan fingerprint density at radius 1 is 1.24 bits per heavy atom. The van der Waals surface area contributed by atoms with E-state index in [1.165, 1.54) is 12.1 Å². The van der Waals surface area contributed by atoms with Crippen LogP contribution in [-0.2, 0) is 10.5 Å². The van der Waals surface area contributed by atoms with Crippen molar-refractivity contribution in [1.82, 2.24) is 0 Å². The molecule has 1 heterocycles. The summed E-state index contributed by atoms with van der Waals surface area (Å²) < 4.78 is 5.09. The summed E-state index contributed by atoms with van der Waals surface area (Å²) in [7, 11) is 0. The van der Waals surface area contributed by atoms with Crippen LogP contribution in [0.2, 0.25) is 10.0 Å². The molecule has 0 aromatic heterocycles. The molecule has 1 aromatic carbocycles. The fraction of sp³-hybridized carbons (Fsp3) is 0.417. The molecule has 0 spiro atoms. The summed E-state index contributed by atoms with van der Waals surface area (Å²) in [5, 5.41) is 11.1. The molecule has 1 aromatic rings. The lowest BCUT2D eigenvalue weighted by Gasteiger charge is -2.35. The summed E-state index contributed by atoms with van der Waals surface area (Å²) in [6.07, 6.45) is 0. The van der Waals surface area contributed by atoms with Crippen LogP contribution in [0.3, 0.4) is 0 Å². The van der Waals surface area contributed by atoms with Crippen LogP contribution in [-0.4, -0.2) is 11.1 Å². The molecule has 0 radical (unpaired) electrons. The minimum absolute atomic E-state index is 0.261. The molecule has 92 valence electrons. The van der Waals surface area contributed by atoms with Crippen LogP contribution in [0.15, 0.2) is 12.1 Å². The van der Waals surface area contributed by atoms with Crippen molar-refractivity contribution in [2.45, 2.75) is 26.6 Å².